The highest BCUT2D eigenvalue weighted by Gasteiger charge is 2.12. The second-order valence-electron chi connectivity index (χ2n) is 4.26. The number of nitriles is 1. The molecule has 0 amide bonds. The van der Waals surface area contributed by atoms with Crippen LogP contribution in [0.2, 0.25) is 0 Å². The SMILES string of the molecule is Cc1cc(-c2nc3ccc(C#N)cc3n2C)co1. The first-order chi connectivity index (χ1) is 8.69. The van der Waals surface area contributed by atoms with Crippen molar-refractivity contribution in [1.82, 2.24) is 9.55 Å². The van der Waals surface area contributed by atoms with Crippen molar-refractivity contribution >= 4 is 11.0 Å². The quantitative estimate of drug-likeness (QED) is 0.653. The molecular weight excluding hydrogens is 226 g/mol. The minimum Gasteiger partial charge on any atom is -0.469 e. The number of nitrogens with zero attached hydrogens (tertiary/aromatic N) is 3. The first-order valence-corrected chi connectivity index (χ1v) is 5.61. The topological polar surface area (TPSA) is 54.8 Å². The Morgan fingerprint density at radius 2 is 2.17 bits per heavy atom. The summed E-state index contributed by atoms with van der Waals surface area (Å²) < 4.78 is 7.28. The highest BCUT2D eigenvalue weighted by molar-refractivity contribution is 5.81. The fourth-order valence-corrected chi connectivity index (χ4v) is 2.08. The van der Waals surface area contributed by atoms with E-state index in [9.17, 15) is 0 Å². The van der Waals surface area contributed by atoms with Gasteiger partial charge in [0, 0.05) is 7.05 Å². The van der Waals surface area contributed by atoms with E-state index in [1.165, 1.54) is 0 Å². The van der Waals surface area contributed by atoms with E-state index in [2.05, 4.69) is 11.1 Å². The van der Waals surface area contributed by atoms with E-state index in [0.717, 1.165) is 28.2 Å². The fraction of sp³-hybridized carbons (Fsp3) is 0.143. The predicted octanol–water partition coefficient (Wildman–Crippen LogP) is 3.01. The summed E-state index contributed by atoms with van der Waals surface area (Å²) in [4.78, 5) is 4.56. The number of hydrogen-bond acceptors (Lipinski definition) is 3. The molecule has 0 atom stereocenters. The Balaban J connectivity index is 2.26. The molecule has 0 fully saturated rings. The average molecular weight is 237 g/mol. The molecule has 0 spiro atoms. The third kappa shape index (κ3) is 1.49. The van der Waals surface area contributed by atoms with Crippen LogP contribution in [0.4, 0.5) is 0 Å². The maximum Gasteiger partial charge on any atom is 0.144 e. The van der Waals surface area contributed by atoms with Crippen LogP contribution in [0, 0.1) is 18.3 Å². The van der Waals surface area contributed by atoms with Gasteiger partial charge in [-0.05, 0) is 31.2 Å². The first kappa shape index (κ1) is 10.6. The van der Waals surface area contributed by atoms with Gasteiger partial charge in [0.1, 0.15) is 17.8 Å². The van der Waals surface area contributed by atoms with E-state index in [-0.39, 0.29) is 0 Å². The Morgan fingerprint density at radius 1 is 1.33 bits per heavy atom. The van der Waals surface area contributed by atoms with Crippen LogP contribution in [0.15, 0.2) is 34.9 Å². The Hall–Kier alpha value is -2.54. The van der Waals surface area contributed by atoms with Gasteiger partial charge in [0.15, 0.2) is 0 Å². The van der Waals surface area contributed by atoms with Gasteiger partial charge < -0.3 is 8.98 Å². The molecule has 0 saturated heterocycles. The third-order valence-corrected chi connectivity index (χ3v) is 3.00. The molecule has 4 nitrogen and oxygen atoms in total. The molecule has 0 aliphatic rings. The molecule has 0 aliphatic heterocycles. The van der Waals surface area contributed by atoms with E-state index in [1.807, 2.05) is 36.7 Å². The van der Waals surface area contributed by atoms with Gasteiger partial charge in [0.05, 0.1) is 28.2 Å². The third-order valence-electron chi connectivity index (χ3n) is 3.00. The molecule has 0 radical (unpaired) electrons. The van der Waals surface area contributed by atoms with Crippen LogP contribution >= 0.6 is 0 Å². The highest BCUT2D eigenvalue weighted by Crippen LogP contribution is 2.25. The van der Waals surface area contributed by atoms with E-state index >= 15 is 0 Å². The van der Waals surface area contributed by atoms with Crippen molar-refractivity contribution in [2.75, 3.05) is 0 Å². The Labute approximate surface area is 104 Å². The first-order valence-electron chi connectivity index (χ1n) is 5.61. The Bertz CT molecular complexity index is 774. The number of furan rings is 1. The fourth-order valence-electron chi connectivity index (χ4n) is 2.08. The summed E-state index contributed by atoms with van der Waals surface area (Å²) in [7, 11) is 1.94. The second-order valence-corrected chi connectivity index (χ2v) is 4.26. The zero-order chi connectivity index (χ0) is 12.7. The minimum absolute atomic E-state index is 0.639. The van der Waals surface area contributed by atoms with Crippen molar-refractivity contribution in [3.05, 3.63) is 41.9 Å². The summed E-state index contributed by atoms with van der Waals surface area (Å²) in [5, 5.41) is 8.92. The van der Waals surface area contributed by atoms with Crippen LogP contribution in [-0.4, -0.2) is 9.55 Å². The van der Waals surface area contributed by atoms with Gasteiger partial charge in [-0.3, -0.25) is 0 Å². The maximum atomic E-state index is 8.92. The maximum absolute atomic E-state index is 8.92. The number of fused-ring (bicyclic) bond motifs is 1. The predicted molar refractivity (Wildman–Crippen MR) is 67.9 cm³/mol. The van der Waals surface area contributed by atoms with E-state index in [0.29, 0.717) is 5.56 Å². The highest BCUT2D eigenvalue weighted by atomic mass is 16.3. The molecule has 4 heteroatoms. The van der Waals surface area contributed by atoms with Crippen LogP contribution in [0.25, 0.3) is 22.4 Å². The molecule has 0 N–H and O–H groups in total. The molecule has 88 valence electrons. The zero-order valence-electron chi connectivity index (χ0n) is 10.1. The van der Waals surface area contributed by atoms with Crippen LogP contribution in [0.1, 0.15) is 11.3 Å². The van der Waals surface area contributed by atoms with E-state index in [1.54, 1.807) is 12.3 Å². The summed E-state index contributed by atoms with van der Waals surface area (Å²) in [6.07, 6.45) is 1.70. The number of rotatable bonds is 1. The molecule has 3 rings (SSSR count). The van der Waals surface area contributed by atoms with E-state index in [4.69, 9.17) is 9.68 Å². The van der Waals surface area contributed by atoms with Gasteiger partial charge in [0.25, 0.3) is 0 Å². The summed E-state index contributed by atoms with van der Waals surface area (Å²) >= 11 is 0. The Morgan fingerprint density at radius 3 is 2.83 bits per heavy atom. The molecule has 2 heterocycles. The van der Waals surface area contributed by atoms with Crippen molar-refractivity contribution in [2.45, 2.75) is 6.92 Å². The van der Waals surface area contributed by atoms with Crippen molar-refractivity contribution < 1.29 is 4.42 Å². The summed E-state index contributed by atoms with van der Waals surface area (Å²) in [5.74, 6) is 1.70. The molecule has 1 aromatic carbocycles. The van der Waals surface area contributed by atoms with Crippen molar-refractivity contribution in [2.24, 2.45) is 7.05 Å². The molecular formula is C14H11N3O. The van der Waals surface area contributed by atoms with Crippen molar-refractivity contribution in [3.8, 4) is 17.5 Å². The zero-order valence-corrected chi connectivity index (χ0v) is 10.1. The van der Waals surface area contributed by atoms with Crippen molar-refractivity contribution in [1.29, 1.82) is 5.26 Å². The molecule has 0 unspecified atom stereocenters. The monoisotopic (exact) mass is 237 g/mol. The van der Waals surface area contributed by atoms with Gasteiger partial charge in [0.2, 0.25) is 0 Å². The second kappa shape index (κ2) is 3.74. The molecule has 0 aliphatic carbocycles. The van der Waals surface area contributed by atoms with Gasteiger partial charge in [-0.1, -0.05) is 0 Å². The average Bonchev–Trinajstić information content (AvgIpc) is 2.94. The molecule has 0 bridgehead atoms. The normalized spacial score (nSPS) is 10.7. The minimum atomic E-state index is 0.639. The summed E-state index contributed by atoms with van der Waals surface area (Å²) in [5.41, 5.74) is 3.42. The van der Waals surface area contributed by atoms with Crippen molar-refractivity contribution in [3.63, 3.8) is 0 Å². The lowest BCUT2D eigenvalue weighted by molar-refractivity contribution is 0.534. The Kier molecular flexibility index (Phi) is 2.20. The van der Waals surface area contributed by atoms with Crippen LogP contribution in [-0.2, 0) is 7.05 Å². The van der Waals surface area contributed by atoms with E-state index < -0.39 is 0 Å². The number of hydrogen-bond donors (Lipinski definition) is 0. The smallest absolute Gasteiger partial charge is 0.144 e. The number of benzene rings is 1. The number of imidazole rings is 1. The molecule has 0 saturated carbocycles. The molecule has 18 heavy (non-hydrogen) atoms. The lowest BCUT2D eigenvalue weighted by atomic mass is 10.2. The van der Waals surface area contributed by atoms with Crippen LogP contribution in [0.5, 0.6) is 0 Å². The lowest BCUT2D eigenvalue weighted by Crippen LogP contribution is -1.91. The largest absolute Gasteiger partial charge is 0.469 e. The van der Waals surface area contributed by atoms with Gasteiger partial charge in [-0.15, -0.1) is 0 Å². The van der Waals surface area contributed by atoms with Gasteiger partial charge in [-0.25, -0.2) is 4.98 Å². The van der Waals surface area contributed by atoms with Crippen LogP contribution < -0.4 is 0 Å². The van der Waals surface area contributed by atoms with Crippen LogP contribution in [0.3, 0.4) is 0 Å². The number of aromatic nitrogens is 2. The summed E-state index contributed by atoms with van der Waals surface area (Å²) in [6.45, 7) is 1.90. The molecule has 2 aromatic heterocycles. The number of aryl methyl sites for hydroxylation is 2. The standard InChI is InChI=1S/C14H11N3O/c1-9-5-11(8-18-9)14-16-12-4-3-10(7-15)6-13(12)17(14)2/h3-6,8H,1-2H3. The van der Waals surface area contributed by atoms with Gasteiger partial charge >= 0.3 is 0 Å². The molecule has 3 aromatic rings. The van der Waals surface area contributed by atoms with Gasteiger partial charge in [-0.2, -0.15) is 5.26 Å². The lowest BCUT2D eigenvalue weighted by Gasteiger charge is -1.98. The summed E-state index contributed by atoms with van der Waals surface area (Å²) in [6, 6.07) is 9.58.